The summed E-state index contributed by atoms with van der Waals surface area (Å²) in [6.45, 7) is 2.55. The molecule has 0 bridgehead atoms. The fourth-order valence-electron chi connectivity index (χ4n) is 2.26. The molecule has 0 aromatic carbocycles. The van der Waals surface area contributed by atoms with Crippen LogP contribution in [0.1, 0.15) is 26.2 Å². The van der Waals surface area contributed by atoms with Gasteiger partial charge in [-0.2, -0.15) is 0 Å². The van der Waals surface area contributed by atoms with Crippen molar-refractivity contribution >= 4 is 16.9 Å². The van der Waals surface area contributed by atoms with Gasteiger partial charge in [0.05, 0.1) is 12.2 Å². The molecule has 6 nitrogen and oxygen atoms in total. The summed E-state index contributed by atoms with van der Waals surface area (Å²) in [6, 6.07) is 0. The summed E-state index contributed by atoms with van der Waals surface area (Å²) in [7, 11) is 0. The van der Waals surface area contributed by atoms with Crippen LogP contribution in [0.4, 0.5) is 0 Å². The molecule has 0 amide bonds. The van der Waals surface area contributed by atoms with E-state index in [0.29, 0.717) is 6.54 Å². The number of amidine groups is 1. The molecule has 0 radical (unpaired) electrons. The maximum Gasteiger partial charge on any atom is 0.156 e. The number of aliphatic hydroxyl groups excluding tert-OH is 3. The van der Waals surface area contributed by atoms with Gasteiger partial charge in [0.15, 0.2) is 5.17 Å². The monoisotopic (exact) mass is 290 g/mol. The van der Waals surface area contributed by atoms with Crippen LogP contribution in [0, 0.1) is 11.3 Å². The van der Waals surface area contributed by atoms with Gasteiger partial charge in [0.25, 0.3) is 0 Å². The van der Waals surface area contributed by atoms with Gasteiger partial charge in [-0.25, -0.2) is 0 Å². The second-order valence-corrected chi connectivity index (χ2v) is 6.30. The van der Waals surface area contributed by atoms with Gasteiger partial charge < -0.3 is 25.4 Å². The summed E-state index contributed by atoms with van der Waals surface area (Å²) in [6.07, 6.45) is -1.33. The number of aliphatic hydroxyl groups is 3. The van der Waals surface area contributed by atoms with Gasteiger partial charge in [0.2, 0.25) is 0 Å². The molecular formula is C12H22N2O4S. The first kappa shape index (κ1) is 15.1. The van der Waals surface area contributed by atoms with E-state index in [9.17, 15) is 15.3 Å². The summed E-state index contributed by atoms with van der Waals surface area (Å²) in [5, 5.41) is 40.7. The Kier molecular flexibility index (Phi) is 5.08. The molecule has 1 unspecified atom stereocenters. The number of hydrogen-bond acceptors (Lipinski definition) is 6. The molecule has 0 aromatic heterocycles. The number of nitrogens with one attached hydrogen (secondary N) is 2. The maximum atomic E-state index is 10.1. The minimum Gasteiger partial charge on any atom is -0.390 e. The van der Waals surface area contributed by atoms with Crippen LogP contribution in [0.2, 0.25) is 0 Å². The van der Waals surface area contributed by atoms with Crippen molar-refractivity contribution in [3.63, 3.8) is 0 Å². The van der Waals surface area contributed by atoms with Gasteiger partial charge in [0, 0.05) is 13.0 Å². The Morgan fingerprint density at radius 3 is 2.74 bits per heavy atom. The fraction of sp³-hybridized carbons (Fsp3) is 0.917. The molecule has 1 saturated heterocycles. The van der Waals surface area contributed by atoms with Crippen LogP contribution in [-0.4, -0.2) is 56.9 Å². The van der Waals surface area contributed by atoms with E-state index < -0.39 is 29.9 Å². The molecule has 5 atom stereocenters. The van der Waals surface area contributed by atoms with Crippen molar-refractivity contribution in [1.82, 2.24) is 5.32 Å². The number of thioether (sulfide) groups is 1. The zero-order chi connectivity index (χ0) is 14.0. The van der Waals surface area contributed by atoms with Crippen molar-refractivity contribution < 1.29 is 20.1 Å². The van der Waals surface area contributed by atoms with E-state index in [1.54, 1.807) is 0 Å². The van der Waals surface area contributed by atoms with E-state index in [-0.39, 0.29) is 17.5 Å². The van der Waals surface area contributed by atoms with Crippen LogP contribution in [0.3, 0.4) is 0 Å². The Hall–Kier alpha value is -0.340. The van der Waals surface area contributed by atoms with E-state index in [1.165, 1.54) is 11.8 Å². The van der Waals surface area contributed by atoms with E-state index in [4.69, 9.17) is 10.1 Å². The highest BCUT2D eigenvalue weighted by atomic mass is 32.2. The predicted molar refractivity (Wildman–Crippen MR) is 73.0 cm³/mol. The molecular weight excluding hydrogens is 268 g/mol. The van der Waals surface area contributed by atoms with E-state index >= 15 is 0 Å². The molecule has 2 rings (SSSR count). The van der Waals surface area contributed by atoms with E-state index in [2.05, 4.69) is 5.32 Å². The molecule has 110 valence electrons. The Balaban J connectivity index is 1.93. The molecule has 1 heterocycles. The lowest BCUT2D eigenvalue weighted by molar-refractivity contribution is -0.182. The number of hydrogen-bond donors (Lipinski definition) is 5. The lowest BCUT2D eigenvalue weighted by Gasteiger charge is -2.39. The first-order valence-electron chi connectivity index (χ1n) is 6.71. The van der Waals surface area contributed by atoms with Crippen molar-refractivity contribution in [2.45, 2.75) is 56.0 Å². The van der Waals surface area contributed by atoms with Gasteiger partial charge in [-0.3, -0.25) is 5.41 Å². The summed E-state index contributed by atoms with van der Waals surface area (Å²) in [5.41, 5.74) is -0.414. The molecule has 1 saturated carbocycles. The molecule has 2 fully saturated rings. The highest BCUT2D eigenvalue weighted by molar-refractivity contribution is 8.14. The molecule has 0 aromatic rings. The topological polar surface area (TPSA) is 106 Å². The van der Waals surface area contributed by atoms with Gasteiger partial charge in [-0.05, 0) is 25.7 Å². The number of ether oxygens (including phenoxy) is 1. The second-order valence-electron chi connectivity index (χ2n) is 5.13. The SMILES string of the molecule is CCNC(=N)S[C@@H]1C[C@@H](O)[C@H](O)[C@@H](C(O)C2CC2)O1. The molecule has 1 aliphatic carbocycles. The van der Waals surface area contributed by atoms with Crippen molar-refractivity contribution in [3.05, 3.63) is 0 Å². The molecule has 7 heteroatoms. The third kappa shape index (κ3) is 3.82. The minimum absolute atomic E-state index is 0.170. The van der Waals surface area contributed by atoms with Crippen LogP contribution < -0.4 is 5.32 Å². The van der Waals surface area contributed by atoms with Crippen molar-refractivity contribution in [2.24, 2.45) is 5.92 Å². The van der Waals surface area contributed by atoms with Crippen LogP contribution in [0.25, 0.3) is 0 Å². The summed E-state index contributed by atoms with van der Waals surface area (Å²) in [4.78, 5) is 0. The lowest BCUT2D eigenvalue weighted by atomic mass is 9.96. The third-order valence-electron chi connectivity index (χ3n) is 3.50. The fourth-order valence-corrected chi connectivity index (χ4v) is 3.23. The van der Waals surface area contributed by atoms with Crippen LogP contribution >= 0.6 is 11.8 Å². The molecule has 2 aliphatic rings. The molecule has 1 aliphatic heterocycles. The third-order valence-corrected chi connectivity index (χ3v) is 4.45. The Bertz CT molecular complexity index is 323. The second kappa shape index (κ2) is 6.41. The molecule has 0 spiro atoms. The Morgan fingerprint density at radius 2 is 2.16 bits per heavy atom. The lowest BCUT2D eigenvalue weighted by Crippen LogP contribution is -2.53. The maximum absolute atomic E-state index is 10.1. The average Bonchev–Trinajstić information content (AvgIpc) is 3.17. The van der Waals surface area contributed by atoms with Gasteiger partial charge >= 0.3 is 0 Å². The minimum atomic E-state index is -1.05. The quantitative estimate of drug-likeness (QED) is 0.365. The summed E-state index contributed by atoms with van der Waals surface area (Å²) < 4.78 is 5.67. The largest absolute Gasteiger partial charge is 0.390 e. The normalized spacial score (nSPS) is 36.8. The van der Waals surface area contributed by atoms with Crippen molar-refractivity contribution in [3.8, 4) is 0 Å². The van der Waals surface area contributed by atoms with E-state index in [1.807, 2.05) is 6.92 Å². The van der Waals surface area contributed by atoms with E-state index in [0.717, 1.165) is 12.8 Å². The van der Waals surface area contributed by atoms with Crippen molar-refractivity contribution in [1.29, 1.82) is 5.41 Å². The first-order valence-corrected chi connectivity index (χ1v) is 7.59. The van der Waals surface area contributed by atoms with Gasteiger partial charge in [-0.15, -0.1) is 0 Å². The Morgan fingerprint density at radius 1 is 1.47 bits per heavy atom. The summed E-state index contributed by atoms with van der Waals surface area (Å²) >= 11 is 1.17. The van der Waals surface area contributed by atoms with Crippen LogP contribution in [-0.2, 0) is 4.74 Å². The average molecular weight is 290 g/mol. The Labute approximate surface area is 117 Å². The summed E-state index contributed by atoms with van der Waals surface area (Å²) in [5.74, 6) is 0.170. The zero-order valence-electron chi connectivity index (χ0n) is 11.0. The van der Waals surface area contributed by atoms with Crippen LogP contribution in [0.5, 0.6) is 0 Å². The standard InChI is InChI=1S/C12H22N2O4S/c1-2-14-12(13)19-8-5-7(15)10(17)11(18-8)9(16)6-3-4-6/h6-11,15-17H,2-5H2,1H3,(H2,13,14)/t7-,8-,9?,10+,11-/m1/s1. The van der Waals surface area contributed by atoms with Gasteiger partial charge in [-0.1, -0.05) is 11.8 Å². The smallest absolute Gasteiger partial charge is 0.156 e. The van der Waals surface area contributed by atoms with Crippen molar-refractivity contribution in [2.75, 3.05) is 6.54 Å². The highest BCUT2D eigenvalue weighted by Crippen LogP contribution is 2.38. The van der Waals surface area contributed by atoms with Gasteiger partial charge in [0.1, 0.15) is 17.6 Å². The predicted octanol–water partition coefficient (Wildman–Crippen LogP) is -0.128. The highest BCUT2D eigenvalue weighted by Gasteiger charge is 2.45. The van der Waals surface area contributed by atoms with Crippen LogP contribution in [0.15, 0.2) is 0 Å². The zero-order valence-corrected chi connectivity index (χ0v) is 11.8. The molecule has 5 N–H and O–H groups in total. The first-order chi connectivity index (χ1) is 9.02. The molecule has 19 heavy (non-hydrogen) atoms. The number of rotatable bonds is 4.